The zero-order valence-corrected chi connectivity index (χ0v) is 11.2. The van der Waals surface area contributed by atoms with Crippen molar-refractivity contribution < 1.29 is 4.39 Å². The van der Waals surface area contributed by atoms with E-state index in [4.69, 9.17) is 0 Å². The van der Waals surface area contributed by atoms with E-state index in [-0.39, 0.29) is 5.82 Å². The quantitative estimate of drug-likeness (QED) is 0.616. The van der Waals surface area contributed by atoms with E-state index in [0.29, 0.717) is 0 Å². The molecule has 0 spiro atoms. The van der Waals surface area contributed by atoms with Gasteiger partial charge in [-0.2, -0.15) is 0 Å². The summed E-state index contributed by atoms with van der Waals surface area (Å²) in [6.45, 7) is 0. The third-order valence-electron chi connectivity index (χ3n) is 3.06. The van der Waals surface area contributed by atoms with Crippen molar-refractivity contribution in [1.82, 2.24) is 0 Å². The maximum atomic E-state index is 12.9. The Morgan fingerprint density at radius 1 is 0.842 bits per heavy atom. The van der Waals surface area contributed by atoms with Gasteiger partial charge in [0.2, 0.25) is 0 Å². The van der Waals surface area contributed by atoms with Crippen LogP contribution in [0.5, 0.6) is 0 Å². The SMILES string of the molecule is Fc1ccc(-c2cccc(Cc3cccs3)c2)cc1. The fraction of sp³-hybridized carbons (Fsp3) is 0.0588. The minimum absolute atomic E-state index is 0.196. The summed E-state index contributed by atoms with van der Waals surface area (Å²) in [5, 5.41) is 2.10. The molecule has 0 bridgehead atoms. The molecule has 0 atom stereocenters. The summed E-state index contributed by atoms with van der Waals surface area (Å²) < 4.78 is 12.9. The van der Waals surface area contributed by atoms with Crippen LogP contribution in [0.2, 0.25) is 0 Å². The van der Waals surface area contributed by atoms with Gasteiger partial charge in [-0.15, -0.1) is 11.3 Å². The van der Waals surface area contributed by atoms with Gasteiger partial charge in [-0.1, -0.05) is 42.5 Å². The molecule has 0 radical (unpaired) electrons. The lowest BCUT2D eigenvalue weighted by atomic mass is 10.0. The second-order valence-electron chi connectivity index (χ2n) is 4.46. The topological polar surface area (TPSA) is 0 Å². The number of benzene rings is 2. The Morgan fingerprint density at radius 3 is 2.42 bits per heavy atom. The summed E-state index contributed by atoms with van der Waals surface area (Å²) in [4.78, 5) is 1.36. The van der Waals surface area contributed by atoms with E-state index in [2.05, 4.69) is 41.8 Å². The zero-order chi connectivity index (χ0) is 13.1. The lowest BCUT2D eigenvalue weighted by Gasteiger charge is -2.05. The molecule has 0 saturated carbocycles. The van der Waals surface area contributed by atoms with E-state index >= 15 is 0 Å². The van der Waals surface area contributed by atoms with Crippen LogP contribution in [0.1, 0.15) is 10.4 Å². The number of rotatable bonds is 3. The van der Waals surface area contributed by atoms with Gasteiger partial charge in [-0.05, 0) is 40.3 Å². The Kier molecular flexibility index (Phi) is 3.43. The maximum absolute atomic E-state index is 12.9. The van der Waals surface area contributed by atoms with Crippen LogP contribution in [0.15, 0.2) is 66.0 Å². The number of hydrogen-bond donors (Lipinski definition) is 0. The van der Waals surface area contributed by atoms with Gasteiger partial charge < -0.3 is 0 Å². The molecule has 2 aromatic carbocycles. The van der Waals surface area contributed by atoms with Gasteiger partial charge in [0.05, 0.1) is 0 Å². The van der Waals surface area contributed by atoms with Crippen molar-refractivity contribution in [3.05, 3.63) is 82.3 Å². The molecule has 2 heteroatoms. The average Bonchev–Trinajstić information content (AvgIpc) is 2.93. The van der Waals surface area contributed by atoms with Crippen LogP contribution in [-0.2, 0) is 6.42 Å². The van der Waals surface area contributed by atoms with Crippen molar-refractivity contribution in [2.24, 2.45) is 0 Å². The standard InChI is InChI=1S/C17H13FS/c18-16-8-6-14(7-9-16)15-4-1-3-13(11-15)12-17-5-2-10-19-17/h1-11H,12H2. The summed E-state index contributed by atoms with van der Waals surface area (Å²) in [5.41, 5.74) is 3.47. The molecule has 0 N–H and O–H groups in total. The summed E-state index contributed by atoms with van der Waals surface area (Å²) in [5.74, 6) is -0.196. The van der Waals surface area contributed by atoms with Gasteiger partial charge in [0.25, 0.3) is 0 Å². The second kappa shape index (κ2) is 5.37. The summed E-state index contributed by atoms with van der Waals surface area (Å²) in [6, 6.07) is 19.3. The van der Waals surface area contributed by atoms with E-state index < -0.39 is 0 Å². The Bertz CT molecular complexity index is 654. The highest BCUT2D eigenvalue weighted by atomic mass is 32.1. The number of thiophene rings is 1. The third kappa shape index (κ3) is 2.91. The minimum Gasteiger partial charge on any atom is -0.207 e. The molecule has 3 aromatic rings. The Balaban J connectivity index is 1.89. The van der Waals surface area contributed by atoms with Crippen LogP contribution in [0.25, 0.3) is 11.1 Å². The van der Waals surface area contributed by atoms with Crippen molar-refractivity contribution in [3.63, 3.8) is 0 Å². The molecule has 1 heterocycles. The molecule has 0 amide bonds. The molecule has 0 fully saturated rings. The van der Waals surface area contributed by atoms with E-state index in [0.717, 1.165) is 17.5 Å². The first kappa shape index (κ1) is 12.1. The van der Waals surface area contributed by atoms with Crippen LogP contribution in [-0.4, -0.2) is 0 Å². The smallest absolute Gasteiger partial charge is 0.123 e. The van der Waals surface area contributed by atoms with Gasteiger partial charge in [-0.25, -0.2) is 4.39 Å². The van der Waals surface area contributed by atoms with E-state index in [1.165, 1.54) is 22.6 Å². The van der Waals surface area contributed by atoms with E-state index in [9.17, 15) is 4.39 Å². The highest BCUT2D eigenvalue weighted by Gasteiger charge is 2.01. The fourth-order valence-electron chi connectivity index (χ4n) is 2.12. The van der Waals surface area contributed by atoms with Crippen LogP contribution < -0.4 is 0 Å². The molecule has 0 unspecified atom stereocenters. The van der Waals surface area contributed by atoms with Crippen molar-refractivity contribution in [2.45, 2.75) is 6.42 Å². The molecule has 19 heavy (non-hydrogen) atoms. The van der Waals surface area contributed by atoms with Gasteiger partial charge in [0.15, 0.2) is 0 Å². The normalized spacial score (nSPS) is 10.6. The summed E-state index contributed by atoms with van der Waals surface area (Å²) in [6.07, 6.45) is 0.951. The first-order valence-electron chi connectivity index (χ1n) is 6.18. The largest absolute Gasteiger partial charge is 0.207 e. The maximum Gasteiger partial charge on any atom is 0.123 e. The first-order chi connectivity index (χ1) is 9.31. The molecule has 1 aromatic heterocycles. The minimum atomic E-state index is -0.196. The number of halogens is 1. The summed E-state index contributed by atoms with van der Waals surface area (Å²) in [7, 11) is 0. The van der Waals surface area contributed by atoms with Crippen LogP contribution >= 0.6 is 11.3 Å². The second-order valence-corrected chi connectivity index (χ2v) is 5.50. The molecule has 0 aliphatic carbocycles. The van der Waals surface area contributed by atoms with Crippen LogP contribution in [0.3, 0.4) is 0 Å². The van der Waals surface area contributed by atoms with E-state index in [1.807, 2.05) is 12.1 Å². The molecule has 0 aliphatic heterocycles. The van der Waals surface area contributed by atoms with Gasteiger partial charge in [0.1, 0.15) is 5.82 Å². The monoisotopic (exact) mass is 268 g/mol. The third-order valence-corrected chi connectivity index (χ3v) is 3.94. The average molecular weight is 268 g/mol. The van der Waals surface area contributed by atoms with Crippen molar-refractivity contribution in [3.8, 4) is 11.1 Å². The molecular formula is C17H13FS. The molecular weight excluding hydrogens is 255 g/mol. The molecule has 3 rings (SSSR count). The zero-order valence-electron chi connectivity index (χ0n) is 10.3. The van der Waals surface area contributed by atoms with Gasteiger partial charge in [-0.3, -0.25) is 0 Å². The number of hydrogen-bond acceptors (Lipinski definition) is 1. The predicted octanol–water partition coefficient (Wildman–Crippen LogP) is 5.15. The Morgan fingerprint density at radius 2 is 1.68 bits per heavy atom. The highest BCUT2D eigenvalue weighted by Crippen LogP contribution is 2.23. The van der Waals surface area contributed by atoms with Crippen molar-refractivity contribution in [1.29, 1.82) is 0 Å². The lowest BCUT2D eigenvalue weighted by molar-refractivity contribution is 0.628. The van der Waals surface area contributed by atoms with Crippen molar-refractivity contribution in [2.75, 3.05) is 0 Å². The highest BCUT2D eigenvalue weighted by molar-refractivity contribution is 7.09. The molecule has 0 nitrogen and oxygen atoms in total. The Labute approximate surface area is 116 Å². The molecule has 94 valence electrons. The first-order valence-corrected chi connectivity index (χ1v) is 7.06. The molecule has 0 saturated heterocycles. The van der Waals surface area contributed by atoms with Crippen molar-refractivity contribution >= 4 is 11.3 Å². The lowest BCUT2D eigenvalue weighted by Crippen LogP contribution is -1.86. The predicted molar refractivity (Wildman–Crippen MR) is 79.0 cm³/mol. The van der Waals surface area contributed by atoms with Crippen LogP contribution in [0, 0.1) is 5.82 Å². The van der Waals surface area contributed by atoms with Gasteiger partial charge in [0, 0.05) is 11.3 Å². The van der Waals surface area contributed by atoms with Gasteiger partial charge >= 0.3 is 0 Å². The Hall–Kier alpha value is -1.93. The van der Waals surface area contributed by atoms with E-state index in [1.54, 1.807) is 11.3 Å². The fourth-order valence-corrected chi connectivity index (χ4v) is 2.86. The molecule has 0 aliphatic rings. The summed E-state index contributed by atoms with van der Waals surface area (Å²) >= 11 is 1.77. The van der Waals surface area contributed by atoms with Crippen LogP contribution in [0.4, 0.5) is 4.39 Å².